The van der Waals surface area contributed by atoms with E-state index in [4.69, 9.17) is 4.74 Å². The normalized spacial score (nSPS) is 16.0. The third-order valence-electron chi connectivity index (χ3n) is 3.47. The summed E-state index contributed by atoms with van der Waals surface area (Å²) < 4.78 is 5.15. The first kappa shape index (κ1) is 11.0. The molecule has 0 saturated carbocycles. The van der Waals surface area contributed by atoms with E-state index in [2.05, 4.69) is 31.2 Å². The molecule has 0 aromatic heterocycles. The van der Waals surface area contributed by atoms with E-state index in [-0.39, 0.29) is 5.97 Å². The smallest absolute Gasteiger partial charge is 0.308 e. The first-order valence-corrected chi connectivity index (χ1v) is 6.08. The second-order valence-corrected chi connectivity index (χ2v) is 4.65. The second-order valence-electron chi connectivity index (χ2n) is 4.65. The van der Waals surface area contributed by atoms with Crippen LogP contribution in [0.15, 0.2) is 42.5 Å². The standard InChI is InChI=1S/C16H14O2/c1-10-13-5-3-4-6-15(13)16-9-12(18-11(2)17)7-8-14(10)16/h3-10H,1-2H3. The maximum absolute atomic E-state index is 11.0. The molecule has 2 heteroatoms. The summed E-state index contributed by atoms with van der Waals surface area (Å²) >= 11 is 0. The molecule has 2 aromatic carbocycles. The van der Waals surface area contributed by atoms with Crippen molar-refractivity contribution in [2.24, 2.45) is 0 Å². The largest absolute Gasteiger partial charge is 0.427 e. The highest BCUT2D eigenvalue weighted by atomic mass is 16.5. The average molecular weight is 238 g/mol. The minimum absolute atomic E-state index is 0.283. The monoisotopic (exact) mass is 238 g/mol. The van der Waals surface area contributed by atoms with Crippen LogP contribution < -0.4 is 4.74 Å². The van der Waals surface area contributed by atoms with E-state index < -0.39 is 0 Å². The first-order chi connectivity index (χ1) is 8.66. The molecular formula is C16H14O2. The van der Waals surface area contributed by atoms with Crippen molar-refractivity contribution in [2.45, 2.75) is 19.8 Å². The van der Waals surface area contributed by atoms with Gasteiger partial charge in [0, 0.05) is 12.8 Å². The molecule has 0 bridgehead atoms. The SMILES string of the molecule is CC(=O)Oc1ccc2c(c1)-c1ccccc1C2C. The van der Waals surface area contributed by atoms with Crippen LogP contribution in [0.25, 0.3) is 11.1 Å². The third kappa shape index (κ3) is 1.61. The van der Waals surface area contributed by atoms with Crippen molar-refractivity contribution in [3.63, 3.8) is 0 Å². The number of carbonyl (C=O) groups is 1. The summed E-state index contributed by atoms with van der Waals surface area (Å²) in [6, 6.07) is 14.3. The molecule has 0 radical (unpaired) electrons. The molecular weight excluding hydrogens is 224 g/mol. The minimum Gasteiger partial charge on any atom is -0.427 e. The molecule has 2 aromatic rings. The molecule has 1 aliphatic carbocycles. The molecule has 18 heavy (non-hydrogen) atoms. The van der Waals surface area contributed by atoms with Crippen molar-refractivity contribution in [1.29, 1.82) is 0 Å². The van der Waals surface area contributed by atoms with Crippen molar-refractivity contribution in [2.75, 3.05) is 0 Å². The number of hydrogen-bond donors (Lipinski definition) is 0. The predicted octanol–water partition coefficient (Wildman–Crippen LogP) is 3.74. The lowest BCUT2D eigenvalue weighted by Crippen LogP contribution is -2.01. The number of fused-ring (bicyclic) bond motifs is 3. The van der Waals surface area contributed by atoms with E-state index in [9.17, 15) is 4.79 Å². The summed E-state index contributed by atoms with van der Waals surface area (Å²) in [4.78, 5) is 11.0. The van der Waals surface area contributed by atoms with Gasteiger partial charge < -0.3 is 4.74 Å². The molecule has 1 unspecified atom stereocenters. The Hall–Kier alpha value is -2.09. The average Bonchev–Trinajstić information content (AvgIpc) is 2.63. The van der Waals surface area contributed by atoms with Crippen molar-refractivity contribution < 1.29 is 9.53 Å². The van der Waals surface area contributed by atoms with Crippen LogP contribution in [0.1, 0.15) is 30.9 Å². The zero-order chi connectivity index (χ0) is 12.7. The lowest BCUT2D eigenvalue weighted by molar-refractivity contribution is -0.131. The quantitative estimate of drug-likeness (QED) is 0.558. The molecule has 2 nitrogen and oxygen atoms in total. The molecule has 0 aliphatic heterocycles. The highest BCUT2D eigenvalue weighted by Gasteiger charge is 2.25. The third-order valence-corrected chi connectivity index (χ3v) is 3.47. The van der Waals surface area contributed by atoms with E-state index in [1.807, 2.05) is 18.2 Å². The van der Waals surface area contributed by atoms with Crippen molar-refractivity contribution in [1.82, 2.24) is 0 Å². The van der Waals surface area contributed by atoms with E-state index in [1.54, 1.807) is 0 Å². The molecule has 0 saturated heterocycles. The topological polar surface area (TPSA) is 26.3 Å². The summed E-state index contributed by atoms with van der Waals surface area (Å²) in [5, 5.41) is 0. The van der Waals surface area contributed by atoms with Crippen molar-refractivity contribution in [3.05, 3.63) is 53.6 Å². The van der Waals surface area contributed by atoms with Gasteiger partial charge in [-0.1, -0.05) is 37.3 Å². The summed E-state index contributed by atoms with van der Waals surface area (Å²) in [5.74, 6) is 0.738. The predicted molar refractivity (Wildman–Crippen MR) is 70.7 cm³/mol. The molecule has 0 heterocycles. The Kier molecular flexibility index (Phi) is 2.44. The van der Waals surface area contributed by atoms with E-state index >= 15 is 0 Å². The molecule has 0 fully saturated rings. The Bertz CT molecular complexity index is 629. The maximum Gasteiger partial charge on any atom is 0.308 e. The molecule has 1 aliphatic rings. The highest BCUT2D eigenvalue weighted by molar-refractivity contribution is 5.80. The van der Waals surface area contributed by atoms with Gasteiger partial charge >= 0.3 is 5.97 Å². The molecule has 3 rings (SSSR count). The van der Waals surface area contributed by atoms with E-state index in [1.165, 1.54) is 29.2 Å². The molecule has 90 valence electrons. The number of esters is 1. The van der Waals surface area contributed by atoms with Gasteiger partial charge in [0.2, 0.25) is 0 Å². The first-order valence-electron chi connectivity index (χ1n) is 6.08. The Morgan fingerprint density at radius 2 is 1.78 bits per heavy atom. The van der Waals surface area contributed by atoms with E-state index in [0.717, 1.165) is 0 Å². The maximum atomic E-state index is 11.0. The van der Waals surface area contributed by atoms with Gasteiger partial charge in [-0.25, -0.2) is 0 Å². The summed E-state index contributed by atoms with van der Waals surface area (Å²) in [6.45, 7) is 3.62. The number of rotatable bonds is 1. The van der Waals surface area contributed by atoms with Crippen LogP contribution in [-0.2, 0) is 4.79 Å². The second kappa shape index (κ2) is 3.98. The number of hydrogen-bond acceptors (Lipinski definition) is 2. The molecule has 0 spiro atoms. The van der Waals surface area contributed by atoms with Gasteiger partial charge in [0.1, 0.15) is 5.75 Å². The van der Waals surface area contributed by atoms with Gasteiger partial charge in [-0.05, 0) is 34.4 Å². The van der Waals surface area contributed by atoms with Gasteiger partial charge in [-0.3, -0.25) is 4.79 Å². The lowest BCUT2D eigenvalue weighted by Gasteiger charge is -2.07. The lowest BCUT2D eigenvalue weighted by atomic mass is 9.99. The van der Waals surface area contributed by atoms with Crippen molar-refractivity contribution in [3.8, 4) is 16.9 Å². The molecule has 0 N–H and O–H groups in total. The number of ether oxygens (including phenoxy) is 1. The number of benzene rings is 2. The van der Waals surface area contributed by atoms with Gasteiger partial charge in [0.25, 0.3) is 0 Å². The van der Waals surface area contributed by atoms with Crippen LogP contribution >= 0.6 is 0 Å². The van der Waals surface area contributed by atoms with Crippen LogP contribution in [0.5, 0.6) is 5.75 Å². The van der Waals surface area contributed by atoms with Crippen LogP contribution in [0.2, 0.25) is 0 Å². The summed E-state index contributed by atoms with van der Waals surface area (Å²) in [6.07, 6.45) is 0. The summed E-state index contributed by atoms with van der Waals surface area (Å²) in [5.41, 5.74) is 5.06. The minimum atomic E-state index is -0.283. The van der Waals surface area contributed by atoms with Crippen LogP contribution in [0.3, 0.4) is 0 Å². The Labute approximate surface area is 106 Å². The van der Waals surface area contributed by atoms with Crippen LogP contribution in [0.4, 0.5) is 0 Å². The Morgan fingerprint density at radius 3 is 2.56 bits per heavy atom. The summed E-state index contributed by atoms with van der Waals surface area (Å²) in [7, 11) is 0. The zero-order valence-corrected chi connectivity index (χ0v) is 10.4. The fourth-order valence-corrected chi connectivity index (χ4v) is 2.66. The van der Waals surface area contributed by atoms with E-state index in [0.29, 0.717) is 11.7 Å². The number of carbonyl (C=O) groups excluding carboxylic acids is 1. The van der Waals surface area contributed by atoms with Crippen molar-refractivity contribution >= 4 is 5.97 Å². The fraction of sp³-hybridized carbons (Fsp3) is 0.188. The zero-order valence-electron chi connectivity index (χ0n) is 10.4. The van der Waals surface area contributed by atoms with Gasteiger partial charge in [-0.2, -0.15) is 0 Å². The molecule has 1 atom stereocenters. The Morgan fingerprint density at radius 1 is 1.06 bits per heavy atom. The van der Waals surface area contributed by atoms with Gasteiger partial charge in [0.05, 0.1) is 0 Å². The van der Waals surface area contributed by atoms with Gasteiger partial charge in [-0.15, -0.1) is 0 Å². The Balaban J connectivity index is 2.13. The van der Waals surface area contributed by atoms with Gasteiger partial charge in [0.15, 0.2) is 0 Å². The fourth-order valence-electron chi connectivity index (χ4n) is 2.66. The molecule has 0 amide bonds. The van der Waals surface area contributed by atoms with Crippen LogP contribution in [-0.4, -0.2) is 5.97 Å². The van der Waals surface area contributed by atoms with Crippen LogP contribution in [0, 0.1) is 0 Å². The highest BCUT2D eigenvalue weighted by Crippen LogP contribution is 2.45.